The first kappa shape index (κ1) is 11.2. The number of rotatable bonds is 5. The van der Waals surface area contributed by atoms with E-state index in [0.29, 0.717) is 12.5 Å². The lowest BCUT2D eigenvalue weighted by molar-refractivity contribution is 0.491. The minimum absolute atomic E-state index is 0.476. The van der Waals surface area contributed by atoms with Crippen molar-refractivity contribution in [1.29, 1.82) is 0 Å². The number of hydrogen-bond donors (Lipinski definition) is 1. The van der Waals surface area contributed by atoms with Gasteiger partial charge in [0.1, 0.15) is 11.6 Å². The third kappa shape index (κ3) is 2.54. The zero-order chi connectivity index (χ0) is 10.6. The molecule has 0 saturated heterocycles. The summed E-state index contributed by atoms with van der Waals surface area (Å²) in [6.45, 7) is 7.97. The van der Waals surface area contributed by atoms with Gasteiger partial charge in [-0.1, -0.05) is 20.8 Å². The molecule has 1 aromatic heterocycles. The first-order chi connectivity index (χ1) is 6.69. The molecule has 4 heteroatoms. The molecule has 0 bridgehead atoms. The summed E-state index contributed by atoms with van der Waals surface area (Å²) >= 11 is 0. The van der Waals surface area contributed by atoms with Gasteiger partial charge >= 0.3 is 0 Å². The van der Waals surface area contributed by atoms with E-state index in [1.54, 1.807) is 0 Å². The largest absolute Gasteiger partial charge is 0.324 e. The molecule has 0 radical (unpaired) electrons. The molecule has 0 spiro atoms. The molecule has 80 valence electrons. The lowest BCUT2D eigenvalue weighted by Crippen LogP contribution is -2.14. The highest BCUT2D eigenvalue weighted by Gasteiger charge is 2.10. The number of aromatic nitrogens is 3. The molecular formula is C10H20N4. The monoisotopic (exact) mass is 196 g/mol. The summed E-state index contributed by atoms with van der Waals surface area (Å²) in [5.74, 6) is 2.58. The van der Waals surface area contributed by atoms with Crippen LogP contribution in [0.5, 0.6) is 0 Å². The van der Waals surface area contributed by atoms with Crippen LogP contribution in [0.1, 0.15) is 38.8 Å². The number of aryl methyl sites for hydroxylation is 1. The Bertz CT molecular complexity index is 278. The average molecular weight is 196 g/mol. The van der Waals surface area contributed by atoms with Crippen LogP contribution in [0.15, 0.2) is 0 Å². The molecule has 0 atom stereocenters. The third-order valence-corrected chi connectivity index (χ3v) is 2.11. The van der Waals surface area contributed by atoms with E-state index < -0.39 is 0 Å². The summed E-state index contributed by atoms with van der Waals surface area (Å²) in [6, 6.07) is 0. The third-order valence-electron chi connectivity index (χ3n) is 2.11. The second kappa shape index (κ2) is 5.10. The maximum absolute atomic E-state index is 5.61. The van der Waals surface area contributed by atoms with Gasteiger partial charge in [0.15, 0.2) is 0 Å². The van der Waals surface area contributed by atoms with E-state index in [1.165, 1.54) is 0 Å². The molecule has 0 unspecified atom stereocenters. The zero-order valence-corrected chi connectivity index (χ0v) is 9.32. The Morgan fingerprint density at radius 2 is 1.93 bits per heavy atom. The Balaban J connectivity index is 2.87. The highest BCUT2D eigenvalue weighted by Crippen LogP contribution is 2.08. The van der Waals surface area contributed by atoms with E-state index in [1.807, 2.05) is 0 Å². The van der Waals surface area contributed by atoms with E-state index in [-0.39, 0.29) is 0 Å². The Labute approximate surface area is 85.5 Å². The van der Waals surface area contributed by atoms with Crippen molar-refractivity contribution in [2.24, 2.45) is 11.7 Å². The van der Waals surface area contributed by atoms with Crippen LogP contribution >= 0.6 is 0 Å². The minimum atomic E-state index is 0.476. The molecule has 4 nitrogen and oxygen atoms in total. The minimum Gasteiger partial charge on any atom is -0.324 e. The number of nitrogens with two attached hydrogens (primary N) is 1. The maximum atomic E-state index is 5.61. The topological polar surface area (TPSA) is 56.7 Å². The molecule has 0 saturated carbocycles. The van der Waals surface area contributed by atoms with Gasteiger partial charge in [-0.25, -0.2) is 0 Å². The van der Waals surface area contributed by atoms with Gasteiger partial charge < -0.3 is 10.3 Å². The molecule has 1 aromatic rings. The van der Waals surface area contributed by atoms with Crippen LogP contribution < -0.4 is 5.73 Å². The van der Waals surface area contributed by atoms with Crippen LogP contribution in [-0.4, -0.2) is 14.8 Å². The molecular weight excluding hydrogens is 176 g/mol. The zero-order valence-electron chi connectivity index (χ0n) is 9.32. The molecule has 1 rings (SSSR count). The van der Waals surface area contributed by atoms with Crippen molar-refractivity contribution in [1.82, 2.24) is 14.8 Å². The average Bonchev–Trinajstić information content (AvgIpc) is 2.48. The van der Waals surface area contributed by atoms with Crippen molar-refractivity contribution in [3.8, 4) is 0 Å². The maximum Gasteiger partial charge on any atom is 0.146 e. The van der Waals surface area contributed by atoms with Crippen molar-refractivity contribution < 1.29 is 0 Å². The predicted molar refractivity (Wildman–Crippen MR) is 56.7 cm³/mol. The second-order valence-electron chi connectivity index (χ2n) is 3.99. The van der Waals surface area contributed by atoms with Crippen LogP contribution in [0.25, 0.3) is 0 Å². The van der Waals surface area contributed by atoms with Gasteiger partial charge in [0.25, 0.3) is 0 Å². The quantitative estimate of drug-likeness (QED) is 0.773. The van der Waals surface area contributed by atoms with E-state index in [4.69, 9.17) is 5.73 Å². The van der Waals surface area contributed by atoms with Crippen molar-refractivity contribution in [3.05, 3.63) is 11.6 Å². The number of hydrogen-bond acceptors (Lipinski definition) is 3. The Morgan fingerprint density at radius 3 is 2.43 bits per heavy atom. The Kier molecular flexibility index (Phi) is 4.07. The highest BCUT2D eigenvalue weighted by atomic mass is 15.3. The van der Waals surface area contributed by atoms with Crippen LogP contribution in [0.2, 0.25) is 0 Å². The van der Waals surface area contributed by atoms with Gasteiger partial charge in [-0.05, 0) is 12.3 Å². The summed E-state index contributed by atoms with van der Waals surface area (Å²) in [4.78, 5) is 0. The molecule has 2 N–H and O–H groups in total. The van der Waals surface area contributed by atoms with Crippen molar-refractivity contribution >= 4 is 0 Å². The van der Waals surface area contributed by atoms with Gasteiger partial charge in [-0.15, -0.1) is 10.2 Å². The Morgan fingerprint density at radius 1 is 1.29 bits per heavy atom. The van der Waals surface area contributed by atoms with Gasteiger partial charge in [-0.2, -0.15) is 0 Å². The fraction of sp³-hybridized carbons (Fsp3) is 0.800. The lowest BCUT2D eigenvalue weighted by atomic mass is 10.2. The first-order valence-corrected chi connectivity index (χ1v) is 5.30. The van der Waals surface area contributed by atoms with Crippen LogP contribution in [0.3, 0.4) is 0 Å². The molecule has 14 heavy (non-hydrogen) atoms. The van der Waals surface area contributed by atoms with Gasteiger partial charge in [0.05, 0.1) is 6.54 Å². The van der Waals surface area contributed by atoms with Crippen molar-refractivity contribution in [3.63, 3.8) is 0 Å². The molecule has 0 aliphatic heterocycles. The summed E-state index contributed by atoms with van der Waals surface area (Å²) in [6.07, 6.45) is 2.08. The normalized spacial score (nSPS) is 11.2. The second-order valence-corrected chi connectivity index (χ2v) is 3.99. The van der Waals surface area contributed by atoms with Crippen LogP contribution in [-0.2, 0) is 19.5 Å². The highest BCUT2D eigenvalue weighted by molar-refractivity contribution is 4.96. The fourth-order valence-corrected chi connectivity index (χ4v) is 1.51. The molecule has 0 amide bonds. The van der Waals surface area contributed by atoms with Crippen molar-refractivity contribution in [2.45, 2.75) is 46.7 Å². The van der Waals surface area contributed by atoms with E-state index >= 15 is 0 Å². The summed E-state index contributed by atoms with van der Waals surface area (Å²) in [5.41, 5.74) is 5.61. The number of nitrogens with zero attached hydrogens (tertiary/aromatic N) is 3. The van der Waals surface area contributed by atoms with Gasteiger partial charge in [0.2, 0.25) is 0 Å². The predicted octanol–water partition coefficient (Wildman–Crippen LogP) is 1.35. The standard InChI is InChI=1S/C10H20N4/c1-4-5-9-12-13-10(6-11)14(9)7-8(2)3/h8H,4-7,11H2,1-3H3. The van der Waals surface area contributed by atoms with Gasteiger partial charge in [0, 0.05) is 13.0 Å². The van der Waals surface area contributed by atoms with E-state index in [9.17, 15) is 0 Å². The molecule has 0 aromatic carbocycles. The molecule has 0 aliphatic rings. The summed E-state index contributed by atoms with van der Waals surface area (Å²) < 4.78 is 2.16. The van der Waals surface area contributed by atoms with E-state index in [2.05, 4.69) is 35.5 Å². The SMILES string of the molecule is CCCc1nnc(CN)n1CC(C)C. The van der Waals surface area contributed by atoms with Crippen LogP contribution in [0.4, 0.5) is 0 Å². The molecule has 0 fully saturated rings. The summed E-state index contributed by atoms with van der Waals surface area (Å²) in [7, 11) is 0. The fourth-order valence-electron chi connectivity index (χ4n) is 1.51. The van der Waals surface area contributed by atoms with E-state index in [0.717, 1.165) is 31.0 Å². The lowest BCUT2D eigenvalue weighted by Gasteiger charge is -2.11. The smallest absolute Gasteiger partial charge is 0.146 e. The molecule has 0 aliphatic carbocycles. The first-order valence-electron chi connectivity index (χ1n) is 5.30. The van der Waals surface area contributed by atoms with Crippen molar-refractivity contribution in [2.75, 3.05) is 0 Å². The molecule has 1 heterocycles. The summed E-state index contributed by atoms with van der Waals surface area (Å²) in [5, 5.41) is 8.26. The Hall–Kier alpha value is -0.900. The van der Waals surface area contributed by atoms with Crippen LogP contribution in [0, 0.1) is 5.92 Å². The van der Waals surface area contributed by atoms with Gasteiger partial charge in [-0.3, -0.25) is 0 Å².